The van der Waals surface area contributed by atoms with Gasteiger partial charge in [-0.25, -0.2) is 22.5 Å². The number of H-pyrrole nitrogens is 2. The average Bonchev–Trinajstić information content (AvgIpc) is 2.66. The van der Waals surface area contributed by atoms with E-state index in [-0.39, 0.29) is 99.9 Å². The fourth-order valence-electron chi connectivity index (χ4n) is 10.7. The van der Waals surface area contributed by atoms with Gasteiger partial charge in [-0.05, 0) is 31.3 Å². The molecule has 87 heavy (non-hydrogen) atoms. The number of likely N-dealkylation sites (tertiary alicyclic amines) is 2. The summed E-state index contributed by atoms with van der Waals surface area (Å²) in [5, 5.41) is 14.8. The Kier molecular flexibility index (Phi) is 18.6. The number of halogens is 7. The third-order valence-electron chi connectivity index (χ3n) is 15.1. The van der Waals surface area contributed by atoms with E-state index in [0.717, 1.165) is 0 Å². The number of terminal acetylenes is 1. The van der Waals surface area contributed by atoms with Crippen LogP contribution in [0.3, 0.4) is 0 Å². The molecule has 4 aliphatic rings. The number of ether oxygens (including phenoxy) is 5. The second-order valence-electron chi connectivity index (χ2n) is 20.4. The van der Waals surface area contributed by atoms with Crippen molar-refractivity contribution in [2.75, 3.05) is 109 Å². The Hall–Kier alpha value is -8.39. The monoisotopic (exact) mass is 1260 g/mol. The second kappa shape index (κ2) is 26.3. The molecule has 0 radical (unpaired) electrons. The zero-order valence-electron chi connectivity index (χ0n) is 46.0. The van der Waals surface area contributed by atoms with Crippen molar-refractivity contribution in [2.45, 2.75) is 32.2 Å². The number of aromatic amines is 2. The summed E-state index contributed by atoms with van der Waals surface area (Å²) in [6.07, 6.45) is 8.34. The van der Waals surface area contributed by atoms with Gasteiger partial charge in [-0.15, -0.1) is 6.42 Å². The molecular formula is C57H57Cl3F4N16O7. The van der Waals surface area contributed by atoms with Gasteiger partial charge in [-0.2, -0.15) is 35.1 Å². The lowest BCUT2D eigenvalue weighted by Gasteiger charge is -2.35. The number of benzene rings is 2. The number of carbonyl (C=O) groups excluding carboxylic acids is 2. The van der Waals surface area contributed by atoms with E-state index in [1.807, 2.05) is 14.7 Å². The number of pyridine rings is 2. The third-order valence-corrected chi connectivity index (χ3v) is 16.0. The van der Waals surface area contributed by atoms with Crippen LogP contribution in [-0.2, 0) is 14.3 Å². The number of likely N-dealkylation sites (N-methyl/N-ethyl adjacent to an activating group) is 1. The SMILES string of the molecule is C.C#CCN1C[C@@H](OC)[C@H](Oc2nc(N3CCN(C(=O)C=C)CC3)c3cc(Cl)nc(Oc4c(Cl)c(F)cc5[nH]ncc45)c3n2)C1.C=CC(=O)N1CCN(c2nc(O[C@H]3CN(C)C[C@@H]3C(F)F)nc3c(Oc4c(Cl)c(F)cc5[nH]ncc45)nccc23)CC1. The van der Waals surface area contributed by atoms with E-state index < -0.39 is 36.2 Å². The molecular weight excluding hydrogens is 1200 g/mol. The third kappa shape index (κ3) is 12.7. The second-order valence-corrected chi connectivity index (χ2v) is 21.6. The molecule has 0 aliphatic carbocycles. The van der Waals surface area contributed by atoms with Gasteiger partial charge in [0.25, 0.3) is 0 Å². The summed E-state index contributed by atoms with van der Waals surface area (Å²) in [5.74, 6) is 0.717. The minimum atomic E-state index is -2.59. The van der Waals surface area contributed by atoms with Crippen molar-refractivity contribution in [2.24, 2.45) is 5.92 Å². The number of piperazine rings is 2. The van der Waals surface area contributed by atoms with Gasteiger partial charge >= 0.3 is 12.0 Å². The zero-order valence-corrected chi connectivity index (χ0v) is 48.3. The summed E-state index contributed by atoms with van der Waals surface area (Å²) in [7, 11) is 3.35. The lowest BCUT2D eigenvalue weighted by Crippen LogP contribution is -2.48. The number of aromatic nitrogens is 10. The number of carbonyl (C=O) groups is 2. The van der Waals surface area contributed by atoms with Crippen LogP contribution in [-0.4, -0.2) is 206 Å². The van der Waals surface area contributed by atoms with E-state index in [2.05, 4.69) is 64.4 Å². The van der Waals surface area contributed by atoms with E-state index in [4.69, 9.17) is 69.9 Å². The number of methoxy groups -OCH3 is 1. The largest absolute Gasteiger partial charge is 0.458 e. The Labute approximate surface area is 510 Å². The van der Waals surface area contributed by atoms with Gasteiger partial charge in [-0.3, -0.25) is 24.7 Å². The highest BCUT2D eigenvalue weighted by molar-refractivity contribution is 6.34. The maximum Gasteiger partial charge on any atom is 0.319 e. The predicted molar refractivity (Wildman–Crippen MR) is 319 cm³/mol. The van der Waals surface area contributed by atoms with Crippen molar-refractivity contribution >= 4 is 102 Å². The first-order chi connectivity index (χ1) is 41.5. The number of hydrogen-bond donors (Lipinski definition) is 2. The minimum Gasteiger partial charge on any atom is -0.458 e. The standard InChI is InChI=1S/C29H27Cl2FN8O4.C27H26ClF3N8O3.CH4/c1-4-6-38-14-20(42-3)21(15-38)43-29-35-25-16(27(36-29)40-9-7-39(8-10-40)23(41)5-2)11-22(30)34-28(25)44-26-17-13-33-37-19(17)12-18(32)24(26)31;1-3-20(40)38-6-8-39(9-7-38)25-14-4-5-32-26(42-23-15-11-33-36-18(15)10-17(29)21(23)28)22(14)34-27(35-25)41-19-13-37(2)12-16(19)24(30)31;/h1,5,11-13,20-21H,2,6-10,14-15H2,3H3,(H,33,37);3-5,10-11,16,19,24H,1,6-9,12-13H2,2H3,(H,33,36);1H4/t20-,21-;16-,19-;/m10./s1. The molecule has 4 saturated heterocycles. The van der Waals surface area contributed by atoms with Crippen LogP contribution in [0.15, 0.2) is 68.2 Å². The first-order valence-corrected chi connectivity index (χ1v) is 28.0. The van der Waals surface area contributed by atoms with E-state index in [9.17, 15) is 27.2 Å². The van der Waals surface area contributed by atoms with Crippen molar-refractivity contribution in [3.05, 3.63) is 95.0 Å². The molecule has 23 nitrogen and oxygen atoms in total. The van der Waals surface area contributed by atoms with Gasteiger partial charge in [0.2, 0.25) is 30.0 Å². The lowest BCUT2D eigenvalue weighted by molar-refractivity contribution is -0.127. The van der Waals surface area contributed by atoms with E-state index in [1.165, 1.54) is 42.9 Å². The number of amides is 2. The van der Waals surface area contributed by atoms with Gasteiger partial charge in [0.1, 0.15) is 67.8 Å². The molecule has 0 unspecified atom stereocenters. The normalized spacial score (nSPS) is 19.1. The van der Waals surface area contributed by atoms with Crippen LogP contribution in [0.25, 0.3) is 43.6 Å². The topological polar surface area (TPSA) is 234 Å². The Morgan fingerprint density at radius 3 is 1.76 bits per heavy atom. The Bertz CT molecular complexity index is 3960. The van der Waals surface area contributed by atoms with Crippen molar-refractivity contribution in [1.29, 1.82) is 0 Å². The first-order valence-electron chi connectivity index (χ1n) is 26.9. The smallest absolute Gasteiger partial charge is 0.319 e. The van der Waals surface area contributed by atoms with Crippen LogP contribution in [0, 0.1) is 29.9 Å². The molecule has 8 aromatic rings. The summed E-state index contributed by atoms with van der Waals surface area (Å²) in [4.78, 5) is 62.8. The summed E-state index contributed by atoms with van der Waals surface area (Å²) in [6, 6.07) is 5.64. The highest BCUT2D eigenvalue weighted by Gasteiger charge is 2.40. The van der Waals surface area contributed by atoms with Gasteiger partial charge in [0.15, 0.2) is 11.5 Å². The van der Waals surface area contributed by atoms with Crippen LogP contribution in [0.5, 0.6) is 35.3 Å². The fraction of sp³-hybridized carbons (Fsp3) is 0.368. The number of hydrogen-bond acceptors (Lipinski definition) is 19. The van der Waals surface area contributed by atoms with Crippen LogP contribution < -0.4 is 28.7 Å². The number of alkyl halides is 2. The van der Waals surface area contributed by atoms with Crippen LogP contribution in [0.1, 0.15) is 7.43 Å². The van der Waals surface area contributed by atoms with Crippen LogP contribution in [0.2, 0.25) is 15.2 Å². The maximum atomic E-state index is 14.7. The Balaban J connectivity index is 0.000000191. The van der Waals surface area contributed by atoms with Crippen LogP contribution >= 0.6 is 34.8 Å². The van der Waals surface area contributed by atoms with Crippen molar-refractivity contribution in [3.8, 4) is 47.6 Å². The number of nitrogens with zero attached hydrogens (tertiary/aromatic N) is 14. The Morgan fingerprint density at radius 2 is 1.23 bits per heavy atom. The highest BCUT2D eigenvalue weighted by Crippen LogP contribution is 2.43. The summed E-state index contributed by atoms with van der Waals surface area (Å²) >= 11 is 19.1. The van der Waals surface area contributed by atoms with E-state index in [0.29, 0.717) is 116 Å². The number of nitrogens with one attached hydrogen (secondary N) is 2. The molecule has 10 heterocycles. The average molecular weight is 1260 g/mol. The van der Waals surface area contributed by atoms with Gasteiger partial charge in [0.05, 0.1) is 57.4 Å². The minimum absolute atomic E-state index is 0. The molecule has 0 spiro atoms. The van der Waals surface area contributed by atoms with Crippen molar-refractivity contribution in [1.82, 2.24) is 69.9 Å². The predicted octanol–water partition coefficient (Wildman–Crippen LogP) is 8.22. The van der Waals surface area contributed by atoms with Crippen molar-refractivity contribution < 1.29 is 50.8 Å². The molecule has 30 heteroatoms. The molecule has 12 rings (SSSR count). The molecule has 2 aromatic carbocycles. The first kappa shape index (κ1) is 61.7. The van der Waals surface area contributed by atoms with Crippen LogP contribution in [0.4, 0.5) is 29.2 Å². The molecule has 2 N–H and O–H groups in total. The van der Waals surface area contributed by atoms with Gasteiger partial charge < -0.3 is 48.2 Å². The Morgan fingerprint density at radius 1 is 0.713 bits per heavy atom. The molecule has 6 aromatic heterocycles. The van der Waals surface area contributed by atoms with E-state index >= 15 is 0 Å². The number of rotatable bonds is 15. The molecule has 0 saturated carbocycles. The van der Waals surface area contributed by atoms with E-state index in [1.54, 1.807) is 41.0 Å². The number of fused-ring (bicyclic) bond motifs is 4. The lowest BCUT2D eigenvalue weighted by atomic mass is 10.1. The molecule has 4 atom stereocenters. The molecule has 4 aliphatic heterocycles. The van der Waals surface area contributed by atoms with Crippen molar-refractivity contribution in [3.63, 3.8) is 0 Å². The zero-order chi connectivity index (χ0) is 60.5. The van der Waals surface area contributed by atoms with Gasteiger partial charge in [-0.1, -0.05) is 61.3 Å². The fourth-order valence-corrected chi connectivity index (χ4v) is 11.3. The molecule has 2 amide bonds. The summed E-state index contributed by atoms with van der Waals surface area (Å²) < 4.78 is 87.2. The molecule has 456 valence electrons. The molecule has 4 fully saturated rings. The quantitative estimate of drug-likeness (QED) is 0.0426. The maximum absolute atomic E-state index is 14.7. The summed E-state index contributed by atoms with van der Waals surface area (Å²) in [6.45, 7) is 12.6. The van der Waals surface area contributed by atoms with Gasteiger partial charge in [0, 0.05) is 104 Å². The highest BCUT2D eigenvalue weighted by atomic mass is 35.5. The number of anilines is 2. The molecule has 0 bridgehead atoms. The summed E-state index contributed by atoms with van der Waals surface area (Å²) in [5.41, 5.74) is 1.20.